The van der Waals surface area contributed by atoms with Crippen molar-refractivity contribution in [3.63, 3.8) is 0 Å². The van der Waals surface area contributed by atoms with Gasteiger partial charge in [-0.2, -0.15) is 0 Å². The highest BCUT2D eigenvalue weighted by Gasteiger charge is 2.08. The standard InChI is InChI=1S/C19H30O2/c1-6-7-14-18(19(20)21)17(5)13-9-12-16(4)11-8-10-15(2)3/h9,13,15-16H,8,10-12,14H2,1-5H3,(H,20,21). The molecule has 0 saturated carbocycles. The van der Waals surface area contributed by atoms with Gasteiger partial charge < -0.3 is 5.11 Å². The summed E-state index contributed by atoms with van der Waals surface area (Å²) in [6.45, 7) is 10.3. The number of hydrogen-bond acceptors (Lipinski definition) is 1. The van der Waals surface area contributed by atoms with Crippen LogP contribution < -0.4 is 0 Å². The van der Waals surface area contributed by atoms with Crippen LogP contribution >= 0.6 is 0 Å². The average Bonchev–Trinajstić information content (AvgIpc) is 2.38. The number of allylic oxidation sites excluding steroid dienone is 3. The van der Waals surface area contributed by atoms with Gasteiger partial charge in [-0.1, -0.05) is 58.1 Å². The molecule has 1 unspecified atom stereocenters. The molecule has 2 heteroatoms. The average molecular weight is 290 g/mol. The van der Waals surface area contributed by atoms with Crippen molar-refractivity contribution in [1.29, 1.82) is 0 Å². The molecule has 0 rings (SSSR count). The van der Waals surface area contributed by atoms with E-state index in [-0.39, 0.29) is 0 Å². The van der Waals surface area contributed by atoms with E-state index in [1.165, 1.54) is 19.3 Å². The maximum absolute atomic E-state index is 11.2. The van der Waals surface area contributed by atoms with Crippen molar-refractivity contribution in [2.75, 3.05) is 0 Å². The summed E-state index contributed by atoms with van der Waals surface area (Å²) in [5, 5.41) is 9.19. The van der Waals surface area contributed by atoms with Crippen molar-refractivity contribution in [3.05, 3.63) is 23.3 Å². The Morgan fingerprint density at radius 3 is 2.43 bits per heavy atom. The summed E-state index contributed by atoms with van der Waals surface area (Å²) >= 11 is 0. The Bertz CT molecular complexity index is 430. The summed E-state index contributed by atoms with van der Waals surface area (Å²) in [4.78, 5) is 11.2. The van der Waals surface area contributed by atoms with E-state index in [4.69, 9.17) is 0 Å². The van der Waals surface area contributed by atoms with E-state index in [9.17, 15) is 9.90 Å². The highest BCUT2D eigenvalue weighted by Crippen LogP contribution is 2.17. The lowest BCUT2D eigenvalue weighted by Crippen LogP contribution is -2.02. The molecular formula is C19H30O2. The number of hydrogen-bond donors (Lipinski definition) is 1. The van der Waals surface area contributed by atoms with Crippen molar-refractivity contribution in [1.82, 2.24) is 0 Å². The normalized spacial score (nSPS) is 13.8. The van der Waals surface area contributed by atoms with E-state index in [0.29, 0.717) is 17.9 Å². The lowest BCUT2D eigenvalue weighted by molar-refractivity contribution is -0.132. The third-order valence-electron chi connectivity index (χ3n) is 3.56. The molecule has 0 aliphatic carbocycles. The summed E-state index contributed by atoms with van der Waals surface area (Å²) < 4.78 is 0. The second kappa shape index (κ2) is 11.2. The number of rotatable bonds is 9. The monoisotopic (exact) mass is 290 g/mol. The predicted octanol–water partition coefficient (Wildman–Crippen LogP) is 5.21. The van der Waals surface area contributed by atoms with E-state index in [0.717, 1.165) is 17.9 Å². The van der Waals surface area contributed by atoms with E-state index in [1.54, 1.807) is 6.92 Å². The maximum Gasteiger partial charge on any atom is 0.332 e. The maximum atomic E-state index is 11.2. The first-order valence-electron chi connectivity index (χ1n) is 7.87. The fraction of sp³-hybridized carbons (Fsp3) is 0.632. The van der Waals surface area contributed by atoms with Gasteiger partial charge in [0.05, 0.1) is 5.57 Å². The summed E-state index contributed by atoms with van der Waals surface area (Å²) in [7, 11) is 0. The first-order valence-corrected chi connectivity index (χ1v) is 7.87. The first kappa shape index (κ1) is 19.5. The van der Waals surface area contributed by atoms with Gasteiger partial charge in [0.1, 0.15) is 0 Å². The molecule has 0 fully saturated rings. The SMILES string of the molecule is CC#CCC(C(=O)O)=C(C)C=CCC(C)CCCC(C)C. The smallest absolute Gasteiger partial charge is 0.332 e. The highest BCUT2D eigenvalue weighted by atomic mass is 16.4. The van der Waals surface area contributed by atoms with E-state index in [1.807, 2.05) is 13.0 Å². The quantitative estimate of drug-likeness (QED) is 0.359. The summed E-state index contributed by atoms with van der Waals surface area (Å²) in [6, 6.07) is 0. The van der Waals surface area contributed by atoms with Crippen molar-refractivity contribution in [2.45, 2.75) is 66.7 Å². The third-order valence-corrected chi connectivity index (χ3v) is 3.56. The van der Waals surface area contributed by atoms with Gasteiger partial charge in [0.25, 0.3) is 0 Å². The summed E-state index contributed by atoms with van der Waals surface area (Å²) in [5.41, 5.74) is 1.20. The largest absolute Gasteiger partial charge is 0.478 e. The zero-order chi connectivity index (χ0) is 16.3. The molecule has 0 saturated heterocycles. The van der Waals surface area contributed by atoms with Crippen molar-refractivity contribution in [3.8, 4) is 11.8 Å². The van der Waals surface area contributed by atoms with Crippen LogP contribution in [-0.4, -0.2) is 11.1 Å². The Morgan fingerprint density at radius 2 is 1.90 bits per heavy atom. The van der Waals surface area contributed by atoms with E-state index >= 15 is 0 Å². The Morgan fingerprint density at radius 1 is 1.24 bits per heavy atom. The molecule has 0 aromatic rings. The van der Waals surface area contributed by atoms with Crippen LogP contribution in [0.2, 0.25) is 0 Å². The van der Waals surface area contributed by atoms with E-state index < -0.39 is 5.97 Å². The minimum atomic E-state index is -0.870. The third kappa shape index (κ3) is 9.96. The Kier molecular flexibility index (Phi) is 10.4. The molecule has 0 aliphatic heterocycles. The van der Waals surface area contributed by atoms with Crippen LogP contribution in [0.3, 0.4) is 0 Å². The fourth-order valence-electron chi connectivity index (χ4n) is 2.13. The lowest BCUT2D eigenvalue weighted by atomic mass is 9.96. The van der Waals surface area contributed by atoms with Crippen LogP contribution in [0, 0.1) is 23.7 Å². The zero-order valence-corrected chi connectivity index (χ0v) is 14.2. The van der Waals surface area contributed by atoms with Crippen LogP contribution in [0.15, 0.2) is 23.3 Å². The van der Waals surface area contributed by atoms with Gasteiger partial charge in [-0.3, -0.25) is 0 Å². The molecule has 0 heterocycles. The Balaban J connectivity index is 4.41. The minimum absolute atomic E-state index is 0.311. The van der Waals surface area contributed by atoms with Gasteiger partial charge in [-0.15, -0.1) is 5.92 Å². The van der Waals surface area contributed by atoms with Gasteiger partial charge in [-0.05, 0) is 37.7 Å². The molecule has 1 N–H and O–H groups in total. The first-order chi connectivity index (χ1) is 9.88. The van der Waals surface area contributed by atoms with Gasteiger partial charge in [0.15, 0.2) is 0 Å². The summed E-state index contributed by atoms with van der Waals surface area (Å²) in [6.07, 6.45) is 9.13. The number of carboxylic acid groups (broad SMARTS) is 1. The lowest BCUT2D eigenvalue weighted by Gasteiger charge is -2.10. The highest BCUT2D eigenvalue weighted by molar-refractivity contribution is 5.88. The number of aliphatic carboxylic acids is 1. The van der Waals surface area contributed by atoms with Crippen LogP contribution in [0.1, 0.15) is 66.7 Å². The van der Waals surface area contributed by atoms with Crippen molar-refractivity contribution in [2.24, 2.45) is 11.8 Å². The van der Waals surface area contributed by atoms with Gasteiger partial charge >= 0.3 is 5.97 Å². The molecule has 0 spiro atoms. The molecule has 0 aliphatic rings. The molecule has 2 nitrogen and oxygen atoms in total. The van der Waals surface area contributed by atoms with Crippen LogP contribution in [0.4, 0.5) is 0 Å². The molecule has 118 valence electrons. The minimum Gasteiger partial charge on any atom is -0.478 e. The molecule has 0 bridgehead atoms. The molecule has 0 aromatic carbocycles. The summed E-state index contributed by atoms with van der Waals surface area (Å²) in [5.74, 6) is 6.12. The predicted molar refractivity (Wildman–Crippen MR) is 90.0 cm³/mol. The van der Waals surface area contributed by atoms with Gasteiger partial charge in [0.2, 0.25) is 0 Å². The fourth-order valence-corrected chi connectivity index (χ4v) is 2.13. The molecule has 0 aromatic heterocycles. The second-order valence-electron chi connectivity index (χ2n) is 6.14. The van der Waals surface area contributed by atoms with Crippen LogP contribution in [-0.2, 0) is 4.79 Å². The molecular weight excluding hydrogens is 260 g/mol. The Hall–Kier alpha value is -1.49. The zero-order valence-electron chi connectivity index (χ0n) is 14.2. The molecule has 1 atom stereocenters. The van der Waals surface area contributed by atoms with Crippen molar-refractivity contribution < 1.29 is 9.90 Å². The number of carbonyl (C=O) groups is 1. The van der Waals surface area contributed by atoms with Crippen LogP contribution in [0.25, 0.3) is 0 Å². The van der Waals surface area contributed by atoms with Gasteiger partial charge in [-0.25, -0.2) is 4.79 Å². The Labute approximate surface area is 130 Å². The van der Waals surface area contributed by atoms with Crippen LogP contribution in [0.5, 0.6) is 0 Å². The number of carboxylic acids is 1. The second-order valence-corrected chi connectivity index (χ2v) is 6.14. The van der Waals surface area contributed by atoms with Crippen molar-refractivity contribution >= 4 is 5.97 Å². The topological polar surface area (TPSA) is 37.3 Å². The van der Waals surface area contributed by atoms with Gasteiger partial charge in [0, 0.05) is 6.42 Å². The van der Waals surface area contributed by atoms with E-state index in [2.05, 4.69) is 38.7 Å². The molecule has 0 amide bonds. The molecule has 0 radical (unpaired) electrons. The molecule has 21 heavy (non-hydrogen) atoms.